The molecule has 0 bridgehead atoms. The fourth-order valence-corrected chi connectivity index (χ4v) is 3.86. The molecule has 0 unspecified atom stereocenters. The first-order valence-corrected chi connectivity index (χ1v) is 8.91. The largest absolute Gasteiger partial charge is 0.490 e. The Bertz CT molecular complexity index is 671. The fourth-order valence-electron chi connectivity index (χ4n) is 3.86. The van der Waals surface area contributed by atoms with Gasteiger partial charge in [0.15, 0.2) is 0 Å². The van der Waals surface area contributed by atoms with Crippen LogP contribution in [0.5, 0.6) is 5.75 Å². The summed E-state index contributed by atoms with van der Waals surface area (Å²) in [6.45, 7) is 4.20. The first-order valence-electron chi connectivity index (χ1n) is 8.91. The second-order valence-electron chi connectivity index (χ2n) is 7.67. The average Bonchev–Trinajstić information content (AvgIpc) is 2.53. The number of carbonyl (C=O) groups excluding carboxylic acids is 1. The smallest absolute Gasteiger partial charge is 0.416 e. The van der Waals surface area contributed by atoms with E-state index < -0.39 is 17.3 Å². The molecule has 0 atom stereocenters. The minimum absolute atomic E-state index is 0.0604. The molecule has 1 amide bonds. The Kier molecular flexibility index (Phi) is 4.94. The molecule has 1 aromatic carbocycles. The maximum atomic E-state index is 13.0. The van der Waals surface area contributed by atoms with Crippen LogP contribution in [0.15, 0.2) is 18.2 Å². The van der Waals surface area contributed by atoms with E-state index in [2.05, 4.69) is 0 Å². The summed E-state index contributed by atoms with van der Waals surface area (Å²) in [5, 5.41) is 9.77. The SMILES string of the molecule is Cc1c(OC2CCN(C(=O)C3CC(C)(O)C3)CC2)cccc1C(F)(F)F. The third kappa shape index (κ3) is 3.98. The maximum Gasteiger partial charge on any atom is 0.416 e. The highest BCUT2D eigenvalue weighted by Crippen LogP contribution is 2.39. The van der Waals surface area contributed by atoms with Crippen LogP contribution in [-0.4, -0.2) is 40.7 Å². The van der Waals surface area contributed by atoms with Crippen LogP contribution < -0.4 is 4.74 Å². The van der Waals surface area contributed by atoms with Crippen LogP contribution in [-0.2, 0) is 11.0 Å². The maximum absolute atomic E-state index is 13.0. The zero-order valence-electron chi connectivity index (χ0n) is 15.0. The summed E-state index contributed by atoms with van der Waals surface area (Å²) in [7, 11) is 0. The molecule has 2 fully saturated rings. The van der Waals surface area contributed by atoms with Gasteiger partial charge in [-0.25, -0.2) is 0 Å². The van der Waals surface area contributed by atoms with Crippen LogP contribution in [0.2, 0.25) is 0 Å². The number of carbonyl (C=O) groups is 1. The number of likely N-dealkylation sites (tertiary alicyclic amines) is 1. The van der Waals surface area contributed by atoms with Gasteiger partial charge in [-0.2, -0.15) is 13.2 Å². The molecular weight excluding hydrogens is 347 g/mol. The van der Waals surface area contributed by atoms with Crippen LogP contribution in [0, 0.1) is 12.8 Å². The predicted octanol–water partition coefficient (Wildman–Crippen LogP) is 3.54. The minimum atomic E-state index is -4.40. The summed E-state index contributed by atoms with van der Waals surface area (Å²) in [6.07, 6.45) is -2.44. The number of piperidine rings is 1. The average molecular weight is 371 g/mol. The van der Waals surface area contributed by atoms with Crippen molar-refractivity contribution in [3.8, 4) is 5.75 Å². The van der Waals surface area contributed by atoms with E-state index in [1.165, 1.54) is 13.0 Å². The van der Waals surface area contributed by atoms with E-state index in [0.717, 1.165) is 6.07 Å². The number of amides is 1. The Labute approximate surface area is 150 Å². The number of rotatable bonds is 3. The Morgan fingerprint density at radius 1 is 1.27 bits per heavy atom. The molecule has 1 heterocycles. The van der Waals surface area contributed by atoms with E-state index in [4.69, 9.17) is 4.74 Å². The summed E-state index contributed by atoms with van der Waals surface area (Å²) >= 11 is 0. The number of aliphatic hydroxyl groups is 1. The highest BCUT2D eigenvalue weighted by molar-refractivity contribution is 5.80. The summed E-state index contributed by atoms with van der Waals surface area (Å²) in [6, 6.07) is 3.96. The van der Waals surface area contributed by atoms with Gasteiger partial charge in [0.05, 0.1) is 11.2 Å². The number of benzene rings is 1. The lowest BCUT2D eigenvalue weighted by Gasteiger charge is -2.43. The molecule has 1 N–H and O–H groups in total. The molecule has 1 aliphatic carbocycles. The number of ether oxygens (including phenoxy) is 1. The lowest BCUT2D eigenvalue weighted by atomic mass is 9.71. The molecule has 3 rings (SSSR count). The van der Waals surface area contributed by atoms with Crippen molar-refractivity contribution in [2.45, 2.75) is 57.4 Å². The van der Waals surface area contributed by atoms with Gasteiger partial charge < -0.3 is 14.7 Å². The highest BCUT2D eigenvalue weighted by Gasteiger charge is 2.44. The van der Waals surface area contributed by atoms with E-state index in [1.807, 2.05) is 0 Å². The van der Waals surface area contributed by atoms with Gasteiger partial charge in [-0.3, -0.25) is 4.79 Å². The van der Waals surface area contributed by atoms with Gasteiger partial charge in [-0.1, -0.05) is 6.07 Å². The Morgan fingerprint density at radius 2 is 1.88 bits per heavy atom. The van der Waals surface area contributed by atoms with Gasteiger partial charge in [0.1, 0.15) is 11.9 Å². The first-order chi connectivity index (χ1) is 12.1. The minimum Gasteiger partial charge on any atom is -0.490 e. The third-order valence-corrected chi connectivity index (χ3v) is 5.36. The van der Waals surface area contributed by atoms with Gasteiger partial charge in [0.25, 0.3) is 0 Å². The molecule has 0 spiro atoms. The van der Waals surface area contributed by atoms with E-state index in [-0.39, 0.29) is 29.2 Å². The van der Waals surface area contributed by atoms with Crippen LogP contribution in [0.3, 0.4) is 0 Å². The monoisotopic (exact) mass is 371 g/mol. The van der Waals surface area contributed by atoms with E-state index in [0.29, 0.717) is 38.8 Å². The van der Waals surface area contributed by atoms with Crippen LogP contribution in [0.25, 0.3) is 0 Å². The Morgan fingerprint density at radius 3 is 2.42 bits per heavy atom. The van der Waals surface area contributed by atoms with Crippen molar-refractivity contribution in [3.63, 3.8) is 0 Å². The van der Waals surface area contributed by atoms with Crippen molar-refractivity contribution in [1.82, 2.24) is 4.90 Å². The van der Waals surface area contributed by atoms with Crippen LogP contribution >= 0.6 is 0 Å². The molecule has 1 aromatic rings. The number of nitrogens with zero attached hydrogens (tertiary/aromatic N) is 1. The zero-order valence-corrected chi connectivity index (χ0v) is 15.0. The van der Waals surface area contributed by atoms with Crippen LogP contribution in [0.4, 0.5) is 13.2 Å². The fraction of sp³-hybridized carbons (Fsp3) is 0.632. The molecule has 0 radical (unpaired) electrons. The molecule has 0 aromatic heterocycles. The topological polar surface area (TPSA) is 49.8 Å². The van der Waals surface area contributed by atoms with Crippen molar-refractivity contribution in [1.29, 1.82) is 0 Å². The molecule has 7 heteroatoms. The van der Waals surface area contributed by atoms with Crippen LogP contribution in [0.1, 0.15) is 43.7 Å². The molecule has 1 saturated carbocycles. The molecule has 26 heavy (non-hydrogen) atoms. The lowest BCUT2D eigenvalue weighted by Crippen LogP contribution is -2.51. The number of hydrogen-bond donors (Lipinski definition) is 1. The summed E-state index contributed by atoms with van der Waals surface area (Å²) in [5.41, 5.74) is -1.32. The summed E-state index contributed by atoms with van der Waals surface area (Å²) in [4.78, 5) is 14.2. The highest BCUT2D eigenvalue weighted by atomic mass is 19.4. The molecular formula is C19H24F3NO3. The Hall–Kier alpha value is -1.76. The Balaban J connectivity index is 1.56. The number of halogens is 3. The summed E-state index contributed by atoms with van der Waals surface area (Å²) in [5.74, 6) is 0.193. The second-order valence-corrected chi connectivity index (χ2v) is 7.67. The van der Waals surface area contributed by atoms with Gasteiger partial charge in [-0.15, -0.1) is 0 Å². The number of hydrogen-bond acceptors (Lipinski definition) is 3. The lowest BCUT2D eigenvalue weighted by molar-refractivity contribution is -0.151. The molecule has 1 saturated heterocycles. The van der Waals surface area contributed by atoms with Gasteiger partial charge in [0.2, 0.25) is 5.91 Å². The quantitative estimate of drug-likeness (QED) is 0.884. The van der Waals surface area contributed by atoms with E-state index in [1.54, 1.807) is 17.9 Å². The zero-order chi connectivity index (χ0) is 19.1. The molecule has 2 aliphatic rings. The third-order valence-electron chi connectivity index (χ3n) is 5.36. The first kappa shape index (κ1) is 19.0. The van der Waals surface area contributed by atoms with Crippen molar-refractivity contribution in [3.05, 3.63) is 29.3 Å². The van der Waals surface area contributed by atoms with E-state index in [9.17, 15) is 23.1 Å². The molecule has 1 aliphatic heterocycles. The number of alkyl halides is 3. The second kappa shape index (κ2) is 6.76. The molecule has 4 nitrogen and oxygen atoms in total. The summed E-state index contributed by atoms with van der Waals surface area (Å²) < 4.78 is 44.8. The van der Waals surface area contributed by atoms with Gasteiger partial charge in [-0.05, 0) is 38.8 Å². The van der Waals surface area contributed by atoms with Gasteiger partial charge >= 0.3 is 6.18 Å². The van der Waals surface area contributed by atoms with Crippen molar-refractivity contribution in [2.75, 3.05) is 13.1 Å². The van der Waals surface area contributed by atoms with Gasteiger partial charge in [0, 0.05) is 37.4 Å². The van der Waals surface area contributed by atoms with Crippen molar-refractivity contribution in [2.24, 2.45) is 5.92 Å². The predicted molar refractivity (Wildman–Crippen MR) is 89.8 cm³/mol. The molecule has 144 valence electrons. The van der Waals surface area contributed by atoms with E-state index >= 15 is 0 Å². The van der Waals surface area contributed by atoms with Crippen molar-refractivity contribution >= 4 is 5.91 Å². The normalized spacial score (nSPS) is 27.2. The standard InChI is InChI=1S/C19H24F3NO3/c1-12-15(19(20,21)22)4-3-5-16(12)26-14-6-8-23(9-7-14)17(24)13-10-18(2,25)11-13/h3-5,13-14,25H,6-11H2,1-2H3. The van der Waals surface area contributed by atoms with Crippen molar-refractivity contribution < 1.29 is 27.8 Å².